The van der Waals surface area contributed by atoms with Gasteiger partial charge in [-0.2, -0.15) is 0 Å². The monoisotopic (exact) mass is 311 g/mol. The van der Waals surface area contributed by atoms with E-state index in [4.69, 9.17) is 23.2 Å². The standard InChI is InChI=1S/C15H12Cl2FNO/c1-9(11-7-14(18)13(17)8-12(11)16)19-15(20)10-5-3-2-4-6-10/h2-9H,1H3,(H,19,20)/t9-/m0/s1. The molecule has 2 aromatic rings. The van der Waals surface area contributed by atoms with E-state index >= 15 is 0 Å². The second-order valence-electron chi connectivity index (χ2n) is 4.35. The maximum Gasteiger partial charge on any atom is 0.251 e. The van der Waals surface area contributed by atoms with Crippen LogP contribution in [-0.2, 0) is 0 Å². The van der Waals surface area contributed by atoms with Gasteiger partial charge in [0.15, 0.2) is 0 Å². The van der Waals surface area contributed by atoms with Crippen LogP contribution in [-0.4, -0.2) is 5.91 Å². The lowest BCUT2D eigenvalue weighted by Crippen LogP contribution is -2.26. The van der Waals surface area contributed by atoms with E-state index < -0.39 is 11.9 Å². The van der Waals surface area contributed by atoms with Crippen LogP contribution in [0.1, 0.15) is 28.9 Å². The summed E-state index contributed by atoms with van der Waals surface area (Å²) in [5.74, 6) is -0.809. The third-order valence-electron chi connectivity index (χ3n) is 2.89. The van der Waals surface area contributed by atoms with Crippen LogP contribution in [0.3, 0.4) is 0 Å². The predicted octanol–water partition coefficient (Wildman–Crippen LogP) is 4.62. The van der Waals surface area contributed by atoms with Gasteiger partial charge in [0.25, 0.3) is 5.91 Å². The van der Waals surface area contributed by atoms with Crippen molar-refractivity contribution < 1.29 is 9.18 Å². The summed E-state index contributed by atoms with van der Waals surface area (Å²) in [7, 11) is 0. The Morgan fingerprint density at radius 3 is 2.45 bits per heavy atom. The van der Waals surface area contributed by atoms with Crippen LogP contribution in [0.2, 0.25) is 10.0 Å². The van der Waals surface area contributed by atoms with Crippen molar-refractivity contribution in [1.29, 1.82) is 0 Å². The molecule has 0 radical (unpaired) electrons. The molecule has 0 aromatic heterocycles. The minimum Gasteiger partial charge on any atom is -0.345 e. The minimum atomic E-state index is -0.563. The van der Waals surface area contributed by atoms with E-state index in [0.29, 0.717) is 16.1 Å². The van der Waals surface area contributed by atoms with Gasteiger partial charge in [-0.25, -0.2) is 4.39 Å². The summed E-state index contributed by atoms with van der Waals surface area (Å²) in [5, 5.41) is 3.04. The SMILES string of the molecule is C[C@H](NC(=O)c1ccccc1)c1cc(F)c(Cl)cc1Cl. The molecular weight excluding hydrogens is 300 g/mol. The van der Waals surface area contributed by atoms with E-state index in [2.05, 4.69) is 5.32 Å². The summed E-state index contributed by atoms with van der Waals surface area (Å²) >= 11 is 11.7. The van der Waals surface area contributed by atoms with Gasteiger partial charge in [0, 0.05) is 10.6 Å². The first kappa shape index (κ1) is 14.8. The summed E-state index contributed by atoms with van der Waals surface area (Å²) in [6, 6.07) is 10.9. The highest BCUT2D eigenvalue weighted by atomic mass is 35.5. The number of benzene rings is 2. The highest BCUT2D eigenvalue weighted by Gasteiger charge is 2.16. The van der Waals surface area contributed by atoms with E-state index in [1.165, 1.54) is 12.1 Å². The maximum atomic E-state index is 13.5. The molecule has 1 N–H and O–H groups in total. The number of halogens is 3. The Labute approximate surface area is 126 Å². The predicted molar refractivity (Wildman–Crippen MR) is 78.7 cm³/mol. The van der Waals surface area contributed by atoms with Crippen LogP contribution in [0.5, 0.6) is 0 Å². The summed E-state index contributed by atoms with van der Waals surface area (Å²) in [6.07, 6.45) is 0. The number of carbonyl (C=O) groups is 1. The number of hydrogen-bond donors (Lipinski definition) is 1. The molecule has 0 bridgehead atoms. The fourth-order valence-corrected chi connectivity index (χ4v) is 2.36. The first-order valence-corrected chi connectivity index (χ1v) is 6.75. The van der Waals surface area contributed by atoms with E-state index in [9.17, 15) is 9.18 Å². The first-order valence-electron chi connectivity index (χ1n) is 5.99. The topological polar surface area (TPSA) is 29.1 Å². The van der Waals surface area contributed by atoms with Crippen molar-refractivity contribution in [1.82, 2.24) is 5.32 Å². The molecule has 0 fully saturated rings. The quantitative estimate of drug-likeness (QED) is 0.823. The third-order valence-corrected chi connectivity index (χ3v) is 3.51. The van der Waals surface area contributed by atoms with Gasteiger partial charge >= 0.3 is 0 Å². The second kappa shape index (κ2) is 6.25. The van der Waals surface area contributed by atoms with E-state index in [1.807, 2.05) is 6.07 Å². The molecule has 20 heavy (non-hydrogen) atoms. The average molecular weight is 312 g/mol. The molecule has 1 amide bonds. The van der Waals surface area contributed by atoms with Crippen LogP contribution < -0.4 is 5.32 Å². The van der Waals surface area contributed by atoms with E-state index in [-0.39, 0.29) is 10.9 Å². The van der Waals surface area contributed by atoms with Crippen LogP contribution >= 0.6 is 23.2 Å². The molecule has 0 aliphatic rings. The molecule has 0 spiro atoms. The van der Waals surface area contributed by atoms with Gasteiger partial charge in [0.1, 0.15) is 5.82 Å². The lowest BCUT2D eigenvalue weighted by Gasteiger charge is -2.16. The van der Waals surface area contributed by atoms with Crippen LogP contribution in [0.25, 0.3) is 0 Å². The number of hydrogen-bond acceptors (Lipinski definition) is 1. The smallest absolute Gasteiger partial charge is 0.251 e. The molecule has 104 valence electrons. The molecule has 0 heterocycles. The van der Waals surface area contributed by atoms with Gasteiger partial charge in [-0.05, 0) is 36.8 Å². The van der Waals surface area contributed by atoms with E-state index in [0.717, 1.165) is 0 Å². The number of amides is 1. The first-order chi connectivity index (χ1) is 9.49. The van der Waals surface area contributed by atoms with E-state index in [1.54, 1.807) is 31.2 Å². The Kier molecular flexibility index (Phi) is 4.63. The number of nitrogens with one attached hydrogen (secondary N) is 1. The van der Waals surface area contributed by atoms with Gasteiger partial charge in [0.05, 0.1) is 11.1 Å². The van der Waals surface area contributed by atoms with Gasteiger partial charge in [-0.15, -0.1) is 0 Å². The molecule has 0 aliphatic carbocycles. The van der Waals surface area contributed by atoms with Gasteiger partial charge in [0.2, 0.25) is 0 Å². The Hall–Kier alpha value is -1.58. The summed E-state index contributed by atoms with van der Waals surface area (Å²) < 4.78 is 13.5. The Balaban J connectivity index is 2.19. The zero-order chi connectivity index (χ0) is 14.7. The summed E-state index contributed by atoms with van der Waals surface area (Å²) in [5.41, 5.74) is 1.02. The molecular formula is C15H12Cl2FNO. The highest BCUT2D eigenvalue weighted by Crippen LogP contribution is 2.28. The lowest BCUT2D eigenvalue weighted by molar-refractivity contribution is 0.0940. The fraction of sp³-hybridized carbons (Fsp3) is 0.133. The zero-order valence-corrected chi connectivity index (χ0v) is 12.2. The fourth-order valence-electron chi connectivity index (χ4n) is 1.82. The third kappa shape index (κ3) is 3.30. The number of rotatable bonds is 3. The zero-order valence-electron chi connectivity index (χ0n) is 10.7. The van der Waals surface area contributed by atoms with Crippen LogP contribution in [0, 0.1) is 5.82 Å². The molecule has 0 saturated carbocycles. The van der Waals surface area contributed by atoms with Crippen LogP contribution in [0.4, 0.5) is 4.39 Å². The Bertz CT molecular complexity index is 631. The second-order valence-corrected chi connectivity index (χ2v) is 5.16. The largest absolute Gasteiger partial charge is 0.345 e. The molecule has 2 nitrogen and oxygen atoms in total. The van der Waals surface area contributed by atoms with Crippen molar-refractivity contribution >= 4 is 29.1 Å². The molecule has 1 atom stereocenters. The van der Waals surface area contributed by atoms with Crippen molar-refractivity contribution in [2.75, 3.05) is 0 Å². The van der Waals surface area contributed by atoms with Crippen LogP contribution in [0.15, 0.2) is 42.5 Å². The molecule has 5 heteroatoms. The Morgan fingerprint density at radius 2 is 1.80 bits per heavy atom. The van der Waals surface area contributed by atoms with Gasteiger partial charge in [-0.3, -0.25) is 4.79 Å². The van der Waals surface area contributed by atoms with Crippen molar-refractivity contribution in [3.63, 3.8) is 0 Å². The normalized spacial score (nSPS) is 12.0. The molecule has 0 aliphatic heterocycles. The minimum absolute atomic E-state index is 0.0414. The average Bonchev–Trinajstić information content (AvgIpc) is 2.43. The number of carbonyl (C=O) groups excluding carboxylic acids is 1. The lowest BCUT2D eigenvalue weighted by atomic mass is 10.1. The van der Waals surface area contributed by atoms with Crippen molar-refractivity contribution in [3.8, 4) is 0 Å². The van der Waals surface area contributed by atoms with Crippen molar-refractivity contribution in [3.05, 3.63) is 69.5 Å². The highest BCUT2D eigenvalue weighted by molar-refractivity contribution is 6.35. The molecule has 2 rings (SSSR count). The van der Waals surface area contributed by atoms with Crippen molar-refractivity contribution in [2.24, 2.45) is 0 Å². The maximum absolute atomic E-state index is 13.5. The van der Waals surface area contributed by atoms with Gasteiger partial charge in [-0.1, -0.05) is 41.4 Å². The summed E-state index contributed by atoms with van der Waals surface area (Å²) in [6.45, 7) is 1.73. The van der Waals surface area contributed by atoms with Gasteiger partial charge < -0.3 is 5.32 Å². The summed E-state index contributed by atoms with van der Waals surface area (Å²) in [4.78, 5) is 12.0. The molecule has 2 aromatic carbocycles. The van der Waals surface area contributed by atoms with Crippen molar-refractivity contribution in [2.45, 2.75) is 13.0 Å². The Morgan fingerprint density at radius 1 is 1.15 bits per heavy atom. The molecule has 0 saturated heterocycles. The molecule has 0 unspecified atom stereocenters.